The molecular formula is C12H28N2O2S. The largest absolute Gasteiger partial charge is 0.271 e. The molecule has 0 bridgehead atoms. The fraction of sp³-hybridized carbons (Fsp3) is 1.00. The molecule has 1 atom stereocenters. The minimum Gasteiger partial charge on any atom is -0.271 e. The Balaban J connectivity index is 3.56. The summed E-state index contributed by atoms with van der Waals surface area (Å²) in [6, 6.07) is 0.262. The van der Waals surface area contributed by atoms with E-state index in [9.17, 15) is 8.42 Å². The molecular weight excluding hydrogens is 236 g/mol. The van der Waals surface area contributed by atoms with Crippen LogP contribution in [-0.4, -0.2) is 26.5 Å². The second kappa shape index (κ2) is 9.85. The number of unbranched alkanes of at least 4 members (excludes halogenated alkanes) is 4. The molecule has 0 aromatic heterocycles. The van der Waals surface area contributed by atoms with Crippen molar-refractivity contribution in [2.45, 2.75) is 64.3 Å². The number of rotatable bonds is 11. The van der Waals surface area contributed by atoms with Crippen LogP contribution < -0.4 is 11.3 Å². The van der Waals surface area contributed by atoms with Crippen molar-refractivity contribution in [3.8, 4) is 0 Å². The van der Waals surface area contributed by atoms with Gasteiger partial charge >= 0.3 is 0 Å². The van der Waals surface area contributed by atoms with Gasteiger partial charge in [0.2, 0.25) is 0 Å². The van der Waals surface area contributed by atoms with Crippen LogP contribution in [0, 0.1) is 0 Å². The van der Waals surface area contributed by atoms with E-state index in [2.05, 4.69) is 12.3 Å². The first-order valence-electron chi connectivity index (χ1n) is 6.63. The number of hydrogen-bond acceptors (Lipinski definition) is 4. The Morgan fingerprint density at radius 3 is 2.18 bits per heavy atom. The van der Waals surface area contributed by atoms with Crippen LogP contribution in [0.2, 0.25) is 0 Å². The van der Waals surface area contributed by atoms with Crippen LogP contribution in [0.25, 0.3) is 0 Å². The fourth-order valence-corrected chi connectivity index (χ4v) is 2.59. The van der Waals surface area contributed by atoms with Crippen molar-refractivity contribution in [3.05, 3.63) is 0 Å². The molecule has 0 aliphatic heterocycles. The number of nitrogens with two attached hydrogens (primary N) is 1. The van der Waals surface area contributed by atoms with Gasteiger partial charge in [-0.25, -0.2) is 8.42 Å². The number of hydrogen-bond donors (Lipinski definition) is 2. The van der Waals surface area contributed by atoms with Crippen LogP contribution in [0.3, 0.4) is 0 Å². The zero-order chi connectivity index (χ0) is 13.1. The summed E-state index contributed by atoms with van der Waals surface area (Å²) < 4.78 is 22.0. The average Bonchev–Trinajstić information content (AvgIpc) is 2.25. The summed E-state index contributed by atoms with van der Waals surface area (Å²) in [5.74, 6) is 5.73. The summed E-state index contributed by atoms with van der Waals surface area (Å²) in [5.41, 5.74) is 2.78. The van der Waals surface area contributed by atoms with Gasteiger partial charge in [0, 0.05) is 18.1 Å². The van der Waals surface area contributed by atoms with E-state index in [-0.39, 0.29) is 11.8 Å². The monoisotopic (exact) mass is 264 g/mol. The molecule has 0 saturated carbocycles. The van der Waals surface area contributed by atoms with Crippen LogP contribution >= 0.6 is 0 Å². The van der Waals surface area contributed by atoms with Crippen molar-refractivity contribution in [3.63, 3.8) is 0 Å². The van der Waals surface area contributed by atoms with Crippen molar-refractivity contribution >= 4 is 9.84 Å². The maximum absolute atomic E-state index is 11.0. The molecule has 0 heterocycles. The lowest BCUT2D eigenvalue weighted by molar-refractivity contribution is 0.435. The van der Waals surface area contributed by atoms with E-state index in [0.29, 0.717) is 6.42 Å². The highest BCUT2D eigenvalue weighted by atomic mass is 32.2. The predicted molar refractivity (Wildman–Crippen MR) is 73.4 cm³/mol. The SMILES string of the molecule is CCCCCCCC(CCCS(C)(=O)=O)NN. The molecule has 0 amide bonds. The summed E-state index contributed by atoms with van der Waals surface area (Å²) in [6.07, 6.45) is 10.1. The minimum absolute atomic E-state index is 0.262. The molecule has 104 valence electrons. The average molecular weight is 264 g/mol. The number of hydrazine groups is 1. The molecule has 1 unspecified atom stereocenters. The van der Waals surface area contributed by atoms with Gasteiger partial charge in [0.05, 0.1) is 0 Å². The highest BCUT2D eigenvalue weighted by molar-refractivity contribution is 7.90. The molecule has 0 saturated heterocycles. The second-order valence-corrected chi connectivity index (χ2v) is 7.10. The third kappa shape index (κ3) is 12.1. The summed E-state index contributed by atoms with van der Waals surface area (Å²) in [7, 11) is -2.83. The van der Waals surface area contributed by atoms with Gasteiger partial charge in [-0.3, -0.25) is 11.3 Å². The van der Waals surface area contributed by atoms with Crippen molar-refractivity contribution < 1.29 is 8.42 Å². The Hall–Kier alpha value is -0.130. The van der Waals surface area contributed by atoms with Crippen molar-refractivity contribution in [2.75, 3.05) is 12.0 Å². The Morgan fingerprint density at radius 2 is 1.65 bits per heavy atom. The van der Waals surface area contributed by atoms with Gasteiger partial charge in [0.15, 0.2) is 0 Å². The van der Waals surface area contributed by atoms with Crippen molar-refractivity contribution in [1.82, 2.24) is 5.43 Å². The molecule has 0 aromatic carbocycles. The standard InChI is InChI=1S/C12H28N2O2S/c1-3-4-5-6-7-9-12(14-13)10-8-11-17(2,15)16/h12,14H,3-11,13H2,1-2H3. The first-order chi connectivity index (χ1) is 7.99. The maximum atomic E-state index is 11.0. The van der Waals surface area contributed by atoms with Crippen LogP contribution in [0.4, 0.5) is 0 Å². The summed E-state index contributed by atoms with van der Waals surface area (Å²) in [5, 5.41) is 0. The van der Waals surface area contributed by atoms with Gasteiger partial charge < -0.3 is 0 Å². The Labute approximate surface area is 106 Å². The molecule has 0 spiro atoms. The van der Waals surface area contributed by atoms with E-state index in [4.69, 9.17) is 5.84 Å². The highest BCUT2D eigenvalue weighted by Crippen LogP contribution is 2.10. The van der Waals surface area contributed by atoms with Crippen molar-refractivity contribution in [2.24, 2.45) is 5.84 Å². The van der Waals surface area contributed by atoms with Crippen LogP contribution in [-0.2, 0) is 9.84 Å². The molecule has 0 radical (unpaired) electrons. The van der Waals surface area contributed by atoms with E-state index in [1.807, 2.05) is 0 Å². The first-order valence-corrected chi connectivity index (χ1v) is 8.69. The van der Waals surface area contributed by atoms with E-state index in [0.717, 1.165) is 12.8 Å². The Bertz CT molecular complexity index is 266. The van der Waals surface area contributed by atoms with Crippen molar-refractivity contribution in [1.29, 1.82) is 0 Å². The zero-order valence-corrected chi connectivity index (χ0v) is 12.1. The van der Waals surface area contributed by atoms with Crippen LogP contribution in [0.15, 0.2) is 0 Å². The number of sulfone groups is 1. The lowest BCUT2D eigenvalue weighted by Gasteiger charge is -2.15. The molecule has 17 heavy (non-hydrogen) atoms. The maximum Gasteiger partial charge on any atom is 0.147 e. The quantitative estimate of drug-likeness (QED) is 0.340. The van der Waals surface area contributed by atoms with Crippen LogP contribution in [0.5, 0.6) is 0 Å². The molecule has 0 aromatic rings. The molecule has 5 heteroatoms. The van der Waals surface area contributed by atoms with Crippen LogP contribution in [0.1, 0.15) is 58.3 Å². The smallest absolute Gasteiger partial charge is 0.147 e. The third-order valence-electron chi connectivity index (χ3n) is 2.96. The lowest BCUT2D eigenvalue weighted by Crippen LogP contribution is -2.35. The fourth-order valence-electron chi connectivity index (χ4n) is 1.90. The molecule has 0 aliphatic carbocycles. The molecule has 0 aliphatic rings. The summed E-state index contributed by atoms with van der Waals surface area (Å²) in [6.45, 7) is 2.20. The first kappa shape index (κ1) is 16.9. The van der Waals surface area contributed by atoms with E-state index in [1.165, 1.54) is 38.4 Å². The second-order valence-electron chi connectivity index (χ2n) is 4.84. The topological polar surface area (TPSA) is 72.2 Å². The summed E-state index contributed by atoms with van der Waals surface area (Å²) in [4.78, 5) is 0. The van der Waals surface area contributed by atoms with E-state index >= 15 is 0 Å². The van der Waals surface area contributed by atoms with E-state index in [1.54, 1.807) is 0 Å². The molecule has 4 nitrogen and oxygen atoms in total. The predicted octanol–water partition coefficient (Wildman–Crippen LogP) is 2.00. The summed E-state index contributed by atoms with van der Waals surface area (Å²) >= 11 is 0. The molecule has 3 N–H and O–H groups in total. The highest BCUT2D eigenvalue weighted by Gasteiger charge is 2.08. The van der Waals surface area contributed by atoms with Gasteiger partial charge in [0.1, 0.15) is 9.84 Å². The van der Waals surface area contributed by atoms with Gasteiger partial charge in [-0.1, -0.05) is 39.0 Å². The van der Waals surface area contributed by atoms with E-state index < -0.39 is 9.84 Å². The number of nitrogens with one attached hydrogen (secondary N) is 1. The molecule has 0 fully saturated rings. The van der Waals surface area contributed by atoms with Gasteiger partial charge in [0.25, 0.3) is 0 Å². The van der Waals surface area contributed by atoms with Gasteiger partial charge in [-0.05, 0) is 19.3 Å². The normalized spacial score (nSPS) is 13.8. The lowest BCUT2D eigenvalue weighted by atomic mass is 10.0. The van der Waals surface area contributed by atoms with Gasteiger partial charge in [-0.15, -0.1) is 0 Å². The Kier molecular flexibility index (Phi) is 9.78. The zero-order valence-electron chi connectivity index (χ0n) is 11.2. The minimum atomic E-state index is -2.83. The third-order valence-corrected chi connectivity index (χ3v) is 3.99. The molecule has 0 rings (SSSR count). The van der Waals surface area contributed by atoms with Gasteiger partial charge in [-0.2, -0.15) is 0 Å². The Morgan fingerprint density at radius 1 is 1.06 bits per heavy atom.